The lowest BCUT2D eigenvalue weighted by molar-refractivity contribution is 0.0342. The van der Waals surface area contributed by atoms with E-state index in [1.165, 1.54) is 5.56 Å². The van der Waals surface area contributed by atoms with Crippen LogP contribution in [0.15, 0.2) is 47.4 Å². The van der Waals surface area contributed by atoms with Crippen LogP contribution in [0.5, 0.6) is 0 Å². The fourth-order valence-electron chi connectivity index (χ4n) is 4.44. The molecule has 2 aliphatic heterocycles. The molecule has 0 radical (unpaired) electrons. The average molecular weight is 438 g/mol. The standard InChI is InChI=1S/C23H23N3O4S/c1-16-3-2-4-19-22-20(15-31(28,29)23(16)19)21(14-27)24-26(22)18-7-5-17(6-8-18)13-25-9-11-30-12-10-25/h2-8,14H,9-13,15H2,1H3. The van der Waals surface area contributed by atoms with Crippen molar-refractivity contribution in [1.29, 1.82) is 0 Å². The Labute approximate surface area is 181 Å². The summed E-state index contributed by atoms with van der Waals surface area (Å²) in [6.07, 6.45) is 0.637. The molecular weight excluding hydrogens is 414 g/mol. The number of fused-ring (bicyclic) bond motifs is 3. The van der Waals surface area contributed by atoms with Crippen molar-refractivity contribution in [2.75, 3.05) is 26.3 Å². The molecular formula is C23H23N3O4S. The quantitative estimate of drug-likeness (QED) is 0.584. The number of aldehydes is 1. The molecule has 0 bridgehead atoms. The number of hydrogen-bond donors (Lipinski definition) is 0. The molecule has 2 aromatic carbocycles. The maximum atomic E-state index is 12.9. The molecule has 0 saturated carbocycles. The van der Waals surface area contributed by atoms with Crippen molar-refractivity contribution in [2.45, 2.75) is 24.1 Å². The summed E-state index contributed by atoms with van der Waals surface area (Å²) >= 11 is 0. The van der Waals surface area contributed by atoms with Gasteiger partial charge in [0.15, 0.2) is 16.1 Å². The summed E-state index contributed by atoms with van der Waals surface area (Å²) in [6, 6.07) is 13.5. The van der Waals surface area contributed by atoms with Gasteiger partial charge in [-0.2, -0.15) is 5.10 Å². The van der Waals surface area contributed by atoms with Crippen LogP contribution >= 0.6 is 0 Å². The van der Waals surface area contributed by atoms with Crippen molar-refractivity contribution in [1.82, 2.24) is 14.7 Å². The zero-order valence-corrected chi connectivity index (χ0v) is 18.1. The minimum atomic E-state index is -3.54. The van der Waals surface area contributed by atoms with Crippen LogP contribution in [0.4, 0.5) is 0 Å². The summed E-state index contributed by atoms with van der Waals surface area (Å²) in [4.78, 5) is 14.4. The Balaban J connectivity index is 1.58. The molecule has 160 valence electrons. The molecule has 1 fully saturated rings. The van der Waals surface area contributed by atoms with E-state index in [4.69, 9.17) is 4.74 Å². The topological polar surface area (TPSA) is 81.5 Å². The minimum absolute atomic E-state index is 0.170. The number of hydrogen-bond acceptors (Lipinski definition) is 6. The highest BCUT2D eigenvalue weighted by atomic mass is 32.2. The van der Waals surface area contributed by atoms with Crippen LogP contribution in [0.2, 0.25) is 0 Å². The molecule has 0 atom stereocenters. The summed E-state index contributed by atoms with van der Waals surface area (Å²) in [5.41, 5.74) is 4.58. The Bertz CT molecular complexity index is 1260. The average Bonchev–Trinajstić information content (AvgIpc) is 3.12. The molecule has 0 amide bonds. The van der Waals surface area contributed by atoms with Gasteiger partial charge in [0.1, 0.15) is 5.69 Å². The number of sulfone groups is 1. The number of nitrogens with zero attached hydrogens (tertiary/aromatic N) is 3. The number of morpholine rings is 1. The number of aryl methyl sites for hydroxylation is 1. The predicted octanol–water partition coefficient (Wildman–Crippen LogP) is 2.78. The molecule has 0 aliphatic carbocycles. The Hall–Kier alpha value is -2.81. The maximum Gasteiger partial charge on any atom is 0.183 e. The first-order chi connectivity index (χ1) is 15.0. The first-order valence-corrected chi connectivity index (χ1v) is 11.9. The van der Waals surface area contributed by atoms with Crippen molar-refractivity contribution in [3.05, 3.63) is 64.8 Å². The maximum absolute atomic E-state index is 12.9. The highest BCUT2D eigenvalue weighted by molar-refractivity contribution is 7.91. The number of ether oxygens (including phenoxy) is 1. The smallest absolute Gasteiger partial charge is 0.183 e. The molecule has 1 aromatic heterocycles. The van der Waals surface area contributed by atoms with Crippen molar-refractivity contribution in [2.24, 2.45) is 0 Å². The molecule has 2 aliphatic rings. The van der Waals surface area contributed by atoms with Crippen molar-refractivity contribution in [3.8, 4) is 16.9 Å². The molecule has 8 heteroatoms. The zero-order valence-electron chi connectivity index (χ0n) is 17.2. The van der Waals surface area contributed by atoms with Gasteiger partial charge in [0.2, 0.25) is 0 Å². The number of carbonyl (C=O) groups excluding carboxylic acids is 1. The van der Waals surface area contributed by atoms with E-state index in [-0.39, 0.29) is 11.4 Å². The Morgan fingerprint density at radius 1 is 1.10 bits per heavy atom. The highest BCUT2D eigenvalue weighted by Crippen LogP contribution is 2.41. The second kappa shape index (κ2) is 7.71. The SMILES string of the molecule is Cc1cccc2c1S(=O)(=O)Cc1c(C=O)nn(-c3ccc(CN4CCOCC4)cc3)c1-2. The van der Waals surface area contributed by atoms with Crippen LogP contribution in [-0.4, -0.2) is 55.7 Å². The first kappa shape index (κ1) is 20.1. The van der Waals surface area contributed by atoms with Crippen molar-refractivity contribution >= 4 is 16.1 Å². The lowest BCUT2D eigenvalue weighted by Gasteiger charge is -2.26. The Morgan fingerprint density at radius 2 is 1.84 bits per heavy atom. The van der Waals surface area contributed by atoms with Gasteiger partial charge in [-0.05, 0) is 30.2 Å². The highest BCUT2D eigenvalue weighted by Gasteiger charge is 2.35. The molecule has 0 unspecified atom stereocenters. The summed E-state index contributed by atoms with van der Waals surface area (Å²) in [5, 5.41) is 4.48. The lowest BCUT2D eigenvalue weighted by atomic mass is 10.0. The molecule has 1 saturated heterocycles. The van der Waals surface area contributed by atoms with Gasteiger partial charge < -0.3 is 4.74 Å². The molecule has 7 nitrogen and oxygen atoms in total. The van der Waals surface area contributed by atoms with E-state index in [2.05, 4.69) is 22.1 Å². The zero-order chi connectivity index (χ0) is 21.6. The largest absolute Gasteiger partial charge is 0.379 e. The van der Waals surface area contributed by atoms with Crippen molar-refractivity contribution in [3.63, 3.8) is 0 Å². The van der Waals surface area contributed by atoms with E-state index in [0.29, 0.717) is 33.6 Å². The summed E-state index contributed by atoms with van der Waals surface area (Å²) in [7, 11) is -3.54. The van der Waals surface area contributed by atoms with Crippen LogP contribution in [0.3, 0.4) is 0 Å². The second-order valence-corrected chi connectivity index (χ2v) is 9.93. The van der Waals surface area contributed by atoms with Crippen LogP contribution in [0.1, 0.15) is 27.2 Å². The van der Waals surface area contributed by atoms with Crippen LogP contribution in [0.25, 0.3) is 16.9 Å². The predicted molar refractivity (Wildman–Crippen MR) is 116 cm³/mol. The van der Waals surface area contributed by atoms with Gasteiger partial charge in [-0.15, -0.1) is 0 Å². The summed E-state index contributed by atoms with van der Waals surface area (Å²) in [6.45, 7) is 5.99. The minimum Gasteiger partial charge on any atom is -0.379 e. The fourth-order valence-corrected chi connectivity index (χ4v) is 6.31. The first-order valence-electron chi connectivity index (χ1n) is 10.3. The van der Waals surface area contributed by atoms with Gasteiger partial charge in [0, 0.05) is 30.8 Å². The molecule has 31 heavy (non-hydrogen) atoms. The van der Waals surface area contributed by atoms with E-state index >= 15 is 0 Å². The van der Waals surface area contributed by atoms with Gasteiger partial charge in [-0.3, -0.25) is 9.69 Å². The third-order valence-corrected chi connectivity index (χ3v) is 7.76. The van der Waals surface area contributed by atoms with E-state index < -0.39 is 9.84 Å². The molecule has 3 aromatic rings. The number of rotatable bonds is 4. The van der Waals surface area contributed by atoms with Crippen molar-refractivity contribution < 1.29 is 17.9 Å². The second-order valence-electron chi connectivity index (χ2n) is 8.01. The normalized spacial score (nSPS) is 17.7. The monoisotopic (exact) mass is 437 g/mol. The van der Waals surface area contributed by atoms with E-state index in [9.17, 15) is 13.2 Å². The Morgan fingerprint density at radius 3 is 2.55 bits per heavy atom. The van der Waals surface area contributed by atoms with E-state index in [0.717, 1.165) is 38.5 Å². The van der Waals surface area contributed by atoms with Gasteiger partial charge in [0.05, 0.1) is 35.2 Å². The van der Waals surface area contributed by atoms with Gasteiger partial charge in [-0.1, -0.05) is 30.3 Å². The molecule has 0 spiro atoms. The van der Waals surface area contributed by atoms with Crippen LogP contribution in [0, 0.1) is 6.92 Å². The third-order valence-electron chi connectivity index (χ3n) is 5.93. The van der Waals surface area contributed by atoms with E-state index in [1.54, 1.807) is 23.7 Å². The molecule has 5 rings (SSSR count). The van der Waals surface area contributed by atoms with Gasteiger partial charge >= 0.3 is 0 Å². The fraction of sp³-hybridized carbons (Fsp3) is 0.304. The number of benzene rings is 2. The van der Waals surface area contributed by atoms with Gasteiger partial charge in [0.25, 0.3) is 0 Å². The summed E-state index contributed by atoms with van der Waals surface area (Å²) in [5.74, 6) is -0.219. The lowest BCUT2D eigenvalue weighted by Crippen LogP contribution is -2.35. The third kappa shape index (κ3) is 3.50. The molecule has 0 N–H and O–H groups in total. The summed E-state index contributed by atoms with van der Waals surface area (Å²) < 4.78 is 33.0. The number of carbonyl (C=O) groups is 1. The van der Waals surface area contributed by atoms with Crippen LogP contribution < -0.4 is 0 Å². The van der Waals surface area contributed by atoms with Gasteiger partial charge in [-0.25, -0.2) is 13.1 Å². The molecule has 3 heterocycles. The van der Waals surface area contributed by atoms with Crippen LogP contribution in [-0.2, 0) is 26.9 Å². The number of aromatic nitrogens is 2. The van der Waals surface area contributed by atoms with E-state index in [1.807, 2.05) is 18.2 Å². The Kier molecular flexibility index (Phi) is 5.00.